The molecule has 2 N–H and O–H groups in total. The van der Waals surface area contributed by atoms with E-state index in [0.29, 0.717) is 0 Å². The first-order valence-corrected chi connectivity index (χ1v) is 4.50. The van der Waals surface area contributed by atoms with Gasteiger partial charge in [0.15, 0.2) is 0 Å². The lowest BCUT2D eigenvalue weighted by Gasteiger charge is -2.06. The van der Waals surface area contributed by atoms with Gasteiger partial charge in [0.1, 0.15) is 0 Å². The van der Waals surface area contributed by atoms with E-state index in [0.717, 1.165) is 19.4 Å². The fraction of sp³-hybridized carbons (Fsp3) is 0.667. The second-order valence-corrected chi connectivity index (χ2v) is 3.15. The molecule has 0 bridgehead atoms. The van der Waals surface area contributed by atoms with Crippen molar-refractivity contribution in [1.29, 1.82) is 0 Å². The lowest BCUT2D eigenvalue weighted by atomic mass is 10.1. The SMILES string of the molecule is CCn1nccc1CC[C@@H](C)N. The van der Waals surface area contributed by atoms with Crippen LogP contribution >= 0.6 is 0 Å². The average molecular weight is 167 g/mol. The molecule has 0 unspecified atom stereocenters. The molecule has 0 aromatic carbocycles. The van der Waals surface area contributed by atoms with Crippen LogP contribution in [-0.2, 0) is 13.0 Å². The molecule has 1 aromatic heterocycles. The van der Waals surface area contributed by atoms with Crippen LogP contribution in [0.5, 0.6) is 0 Å². The molecule has 1 atom stereocenters. The quantitative estimate of drug-likeness (QED) is 0.732. The summed E-state index contributed by atoms with van der Waals surface area (Å²) in [6, 6.07) is 2.34. The fourth-order valence-corrected chi connectivity index (χ4v) is 1.23. The Morgan fingerprint density at radius 2 is 2.42 bits per heavy atom. The Morgan fingerprint density at radius 1 is 1.67 bits per heavy atom. The minimum Gasteiger partial charge on any atom is -0.328 e. The molecule has 0 radical (unpaired) electrons. The maximum absolute atomic E-state index is 5.67. The van der Waals surface area contributed by atoms with Crippen molar-refractivity contribution in [3.05, 3.63) is 18.0 Å². The molecule has 1 aromatic rings. The third kappa shape index (κ3) is 2.34. The highest BCUT2D eigenvalue weighted by Crippen LogP contribution is 2.03. The average Bonchev–Trinajstić information content (AvgIpc) is 2.47. The van der Waals surface area contributed by atoms with Gasteiger partial charge in [-0.25, -0.2) is 0 Å². The first-order chi connectivity index (χ1) is 5.74. The van der Waals surface area contributed by atoms with Crippen LogP contribution in [0.1, 0.15) is 26.0 Å². The summed E-state index contributed by atoms with van der Waals surface area (Å²) < 4.78 is 2.02. The van der Waals surface area contributed by atoms with E-state index in [1.54, 1.807) is 0 Å². The van der Waals surface area contributed by atoms with Gasteiger partial charge in [0.05, 0.1) is 0 Å². The highest BCUT2D eigenvalue weighted by Gasteiger charge is 2.01. The first-order valence-electron chi connectivity index (χ1n) is 4.50. The van der Waals surface area contributed by atoms with Gasteiger partial charge in [-0.1, -0.05) is 0 Å². The van der Waals surface area contributed by atoms with Crippen molar-refractivity contribution in [2.24, 2.45) is 5.73 Å². The highest BCUT2D eigenvalue weighted by atomic mass is 15.3. The van der Waals surface area contributed by atoms with E-state index in [1.807, 2.05) is 17.8 Å². The Hall–Kier alpha value is -0.830. The van der Waals surface area contributed by atoms with Gasteiger partial charge in [0.2, 0.25) is 0 Å². The standard InChI is InChI=1S/C9H17N3/c1-3-12-9(6-7-11-12)5-4-8(2)10/h6-8H,3-5,10H2,1-2H3/t8-/m1/s1. The van der Waals surface area contributed by atoms with Crippen LogP contribution in [0, 0.1) is 0 Å². The maximum Gasteiger partial charge on any atom is 0.0492 e. The minimum absolute atomic E-state index is 0.283. The molecule has 0 saturated heterocycles. The third-order valence-electron chi connectivity index (χ3n) is 1.96. The summed E-state index contributed by atoms with van der Waals surface area (Å²) in [4.78, 5) is 0. The summed E-state index contributed by atoms with van der Waals surface area (Å²) in [6.45, 7) is 5.08. The third-order valence-corrected chi connectivity index (χ3v) is 1.96. The Morgan fingerprint density at radius 3 is 3.00 bits per heavy atom. The lowest BCUT2D eigenvalue weighted by molar-refractivity contribution is 0.586. The molecule has 0 fully saturated rings. The molecule has 0 amide bonds. The number of hydrogen-bond donors (Lipinski definition) is 1. The van der Waals surface area contributed by atoms with Gasteiger partial charge in [-0.2, -0.15) is 5.10 Å². The number of rotatable bonds is 4. The summed E-state index contributed by atoms with van der Waals surface area (Å²) in [5.74, 6) is 0. The molecule has 12 heavy (non-hydrogen) atoms. The molecule has 1 heterocycles. The van der Waals surface area contributed by atoms with E-state index in [1.165, 1.54) is 5.69 Å². The Balaban J connectivity index is 2.50. The van der Waals surface area contributed by atoms with Gasteiger partial charge in [0.25, 0.3) is 0 Å². The van der Waals surface area contributed by atoms with Crippen LogP contribution in [0.2, 0.25) is 0 Å². The van der Waals surface area contributed by atoms with Crippen LogP contribution in [0.3, 0.4) is 0 Å². The minimum atomic E-state index is 0.283. The van der Waals surface area contributed by atoms with Gasteiger partial charge in [-0.3, -0.25) is 4.68 Å². The van der Waals surface area contributed by atoms with E-state index < -0.39 is 0 Å². The predicted molar refractivity (Wildman–Crippen MR) is 49.9 cm³/mol. The van der Waals surface area contributed by atoms with E-state index in [-0.39, 0.29) is 6.04 Å². The first kappa shape index (κ1) is 9.26. The highest BCUT2D eigenvalue weighted by molar-refractivity contribution is 5.00. The van der Waals surface area contributed by atoms with E-state index >= 15 is 0 Å². The summed E-state index contributed by atoms with van der Waals surface area (Å²) in [6.07, 6.45) is 3.91. The van der Waals surface area contributed by atoms with E-state index in [2.05, 4.69) is 18.1 Å². The zero-order valence-corrected chi connectivity index (χ0v) is 7.83. The van der Waals surface area contributed by atoms with Crippen molar-refractivity contribution < 1.29 is 0 Å². The summed E-state index contributed by atoms with van der Waals surface area (Å²) in [5.41, 5.74) is 6.96. The second kappa shape index (κ2) is 4.26. The van der Waals surface area contributed by atoms with E-state index in [9.17, 15) is 0 Å². The van der Waals surface area contributed by atoms with Crippen molar-refractivity contribution in [3.63, 3.8) is 0 Å². The van der Waals surface area contributed by atoms with Crippen molar-refractivity contribution >= 4 is 0 Å². The Labute approximate surface area is 73.6 Å². The van der Waals surface area contributed by atoms with Crippen molar-refractivity contribution in [2.45, 2.75) is 39.3 Å². The van der Waals surface area contributed by atoms with Gasteiger partial charge < -0.3 is 5.73 Å². The van der Waals surface area contributed by atoms with Gasteiger partial charge in [-0.15, -0.1) is 0 Å². The maximum atomic E-state index is 5.67. The normalized spacial score (nSPS) is 13.2. The number of aryl methyl sites for hydroxylation is 2. The predicted octanol–water partition coefficient (Wildman–Crippen LogP) is 1.18. The van der Waals surface area contributed by atoms with Crippen LogP contribution in [-0.4, -0.2) is 15.8 Å². The molecule has 0 aliphatic carbocycles. The zero-order valence-electron chi connectivity index (χ0n) is 7.83. The molecule has 0 saturated carbocycles. The molecule has 3 heteroatoms. The topological polar surface area (TPSA) is 43.8 Å². The number of aromatic nitrogens is 2. The Kier molecular flexibility index (Phi) is 3.29. The number of nitrogens with zero attached hydrogens (tertiary/aromatic N) is 2. The van der Waals surface area contributed by atoms with Crippen LogP contribution in [0.25, 0.3) is 0 Å². The largest absolute Gasteiger partial charge is 0.328 e. The van der Waals surface area contributed by atoms with Crippen LogP contribution in [0.15, 0.2) is 12.3 Å². The monoisotopic (exact) mass is 167 g/mol. The number of hydrogen-bond acceptors (Lipinski definition) is 2. The molecular weight excluding hydrogens is 150 g/mol. The summed E-state index contributed by atoms with van der Waals surface area (Å²) in [7, 11) is 0. The van der Waals surface area contributed by atoms with E-state index in [4.69, 9.17) is 5.73 Å². The molecule has 68 valence electrons. The summed E-state index contributed by atoms with van der Waals surface area (Å²) >= 11 is 0. The van der Waals surface area contributed by atoms with Gasteiger partial charge in [-0.05, 0) is 32.8 Å². The van der Waals surface area contributed by atoms with Crippen molar-refractivity contribution in [1.82, 2.24) is 9.78 Å². The zero-order chi connectivity index (χ0) is 8.97. The number of nitrogens with two attached hydrogens (primary N) is 1. The van der Waals surface area contributed by atoms with Crippen LogP contribution in [0.4, 0.5) is 0 Å². The van der Waals surface area contributed by atoms with Crippen molar-refractivity contribution in [3.8, 4) is 0 Å². The molecule has 0 aliphatic rings. The Bertz CT molecular complexity index is 227. The molecule has 3 nitrogen and oxygen atoms in total. The van der Waals surface area contributed by atoms with Crippen LogP contribution < -0.4 is 5.73 Å². The van der Waals surface area contributed by atoms with Gasteiger partial charge in [0, 0.05) is 24.5 Å². The van der Waals surface area contributed by atoms with Crippen molar-refractivity contribution in [2.75, 3.05) is 0 Å². The van der Waals surface area contributed by atoms with Gasteiger partial charge >= 0.3 is 0 Å². The smallest absolute Gasteiger partial charge is 0.0492 e. The molecule has 1 rings (SSSR count). The molecule has 0 spiro atoms. The molecule has 0 aliphatic heterocycles. The summed E-state index contributed by atoms with van der Waals surface area (Å²) in [5, 5.41) is 4.19. The lowest BCUT2D eigenvalue weighted by Crippen LogP contribution is -2.16. The molecular formula is C9H17N3. The second-order valence-electron chi connectivity index (χ2n) is 3.15. The fourth-order valence-electron chi connectivity index (χ4n) is 1.23.